The maximum absolute atomic E-state index is 12.4. The van der Waals surface area contributed by atoms with Gasteiger partial charge in [0.25, 0.3) is 5.91 Å². The second-order valence-electron chi connectivity index (χ2n) is 5.54. The number of nitrogens with zero attached hydrogens (tertiary/aromatic N) is 1. The van der Waals surface area contributed by atoms with Gasteiger partial charge in [-0.3, -0.25) is 10.1 Å². The molecule has 1 N–H and O–H groups in total. The zero-order chi connectivity index (χ0) is 17.2. The molecule has 1 amide bonds. The summed E-state index contributed by atoms with van der Waals surface area (Å²) in [6.45, 7) is 0. The van der Waals surface area contributed by atoms with E-state index < -0.39 is 0 Å². The van der Waals surface area contributed by atoms with Gasteiger partial charge in [0.2, 0.25) is 0 Å². The summed E-state index contributed by atoms with van der Waals surface area (Å²) in [4.78, 5) is 18.5. The summed E-state index contributed by atoms with van der Waals surface area (Å²) in [5.74, 6) is -0.117. The number of nitrogens with one attached hydrogen (secondary N) is 1. The van der Waals surface area contributed by atoms with Gasteiger partial charge in [0.1, 0.15) is 0 Å². The molecule has 2 aromatic heterocycles. The first-order chi connectivity index (χ1) is 12.2. The largest absolute Gasteiger partial charge is 0.297 e. The van der Waals surface area contributed by atoms with E-state index in [1.165, 1.54) is 22.7 Å². The first-order valence-corrected chi connectivity index (χ1v) is 9.67. The molecule has 0 saturated carbocycles. The molecule has 0 aliphatic carbocycles. The van der Waals surface area contributed by atoms with Crippen LogP contribution < -0.4 is 5.32 Å². The van der Waals surface area contributed by atoms with Crippen molar-refractivity contribution in [1.82, 2.24) is 4.98 Å². The fourth-order valence-electron chi connectivity index (χ4n) is 2.50. The van der Waals surface area contributed by atoms with E-state index in [9.17, 15) is 4.79 Å². The van der Waals surface area contributed by atoms with E-state index in [1.54, 1.807) is 6.20 Å². The van der Waals surface area contributed by atoms with Crippen LogP contribution in [-0.4, -0.2) is 10.9 Å². The van der Waals surface area contributed by atoms with E-state index in [-0.39, 0.29) is 5.91 Å². The molecule has 0 saturated heterocycles. The Bertz CT molecular complexity index is 1000. The molecule has 25 heavy (non-hydrogen) atoms. The third-order valence-corrected chi connectivity index (χ3v) is 5.99. The lowest BCUT2D eigenvalue weighted by atomic mass is 10.1. The number of anilines is 1. The number of hydrogen-bond acceptors (Lipinski definition) is 4. The lowest BCUT2D eigenvalue weighted by molar-refractivity contribution is 0.103. The second-order valence-corrected chi connectivity index (χ2v) is 8.17. The quantitative estimate of drug-likeness (QED) is 0.479. The van der Waals surface area contributed by atoms with Crippen LogP contribution in [0.5, 0.6) is 0 Å². The maximum atomic E-state index is 12.4. The Labute approximate surface area is 157 Å². The predicted molar refractivity (Wildman–Crippen MR) is 106 cm³/mol. The molecule has 6 heteroatoms. The first-order valence-electron chi connectivity index (χ1n) is 7.66. The van der Waals surface area contributed by atoms with Crippen molar-refractivity contribution >= 4 is 55.4 Å². The molecule has 4 aromatic rings. The topological polar surface area (TPSA) is 42.0 Å². The number of rotatable bonds is 4. The summed E-state index contributed by atoms with van der Waals surface area (Å²) in [6.07, 6.45) is 2.58. The molecule has 0 unspecified atom stereocenters. The third-order valence-electron chi connectivity index (χ3n) is 3.71. The van der Waals surface area contributed by atoms with Crippen molar-refractivity contribution in [2.24, 2.45) is 0 Å². The summed E-state index contributed by atoms with van der Waals surface area (Å²) in [6, 6.07) is 17.6. The van der Waals surface area contributed by atoms with Crippen molar-refractivity contribution in [3.63, 3.8) is 0 Å². The predicted octanol–water partition coefficient (Wildman–Crippen LogP) is 5.85. The average Bonchev–Trinajstić information content (AvgIpc) is 3.23. The van der Waals surface area contributed by atoms with E-state index in [0.717, 1.165) is 32.0 Å². The summed E-state index contributed by atoms with van der Waals surface area (Å²) in [5, 5.41) is 5.32. The van der Waals surface area contributed by atoms with Gasteiger partial charge in [-0.05, 0) is 35.2 Å². The lowest BCUT2D eigenvalue weighted by Gasteiger charge is -1.99. The highest BCUT2D eigenvalue weighted by Crippen LogP contribution is 2.27. The minimum absolute atomic E-state index is 0.117. The molecule has 2 heterocycles. The van der Waals surface area contributed by atoms with Crippen molar-refractivity contribution in [3.05, 3.63) is 81.1 Å². The van der Waals surface area contributed by atoms with Crippen molar-refractivity contribution in [2.75, 3.05) is 5.32 Å². The highest BCUT2D eigenvalue weighted by Gasteiger charge is 2.12. The van der Waals surface area contributed by atoms with Gasteiger partial charge in [0.15, 0.2) is 5.13 Å². The molecule has 3 nitrogen and oxygen atoms in total. The van der Waals surface area contributed by atoms with Crippen molar-refractivity contribution in [2.45, 2.75) is 6.42 Å². The monoisotopic (exact) mass is 384 g/mol. The van der Waals surface area contributed by atoms with E-state index in [1.807, 2.05) is 54.6 Å². The van der Waals surface area contributed by atoms with Crippen LogP contribution in [0.1, 0.15) is 20.1 Å². The van der Waals surface area contributed by atoms with E-state index in [4.69, 9.17) is 11.6 Å². The number of thiazole rings is 1. The van der Waals surface area contributed by atoms with Crippen molar-refractivity contribution in [3.8, 4) is 0 Å². The van der Waals surface area contributed by atoms with Gasteiger partial charge in [0.05, 0.1) is 4.88 Å². The Morgan fingerprint density at radius 2 is 1.88 bits per heavy atom. The summed E-state index contributed by atoms with van der Waals surface area (Å²) < 4.78 is 1.11. The summed E-state index contributed by atoms with van der Waals surface area (Å²) in [5.41, 5.74) is 1.16. The second kappa shape index (κ2) is 6.96. The zero-order valence-corrected chi connectivity index (χ0v) is 15.4. The highest BCUT2D eigenvalue weighted by atomic mass is 35.5. The minimum atomic E-state index is -0.117. The van der Waals surface area contributed by atoms with E-state index in [0.29, 0.717) is 10.0 Å². The number of fused-ring (bicyclic) bond motifs is 1. The number of carbonyl (C=O) groups excluding carboxylic acids is 1. The number of hydrogen-bond donors (Lipinski definition) is 1. The lowest BCUT2D eigenvalue weighted by Crippen LogP contribution is -2.09. The molecule has 0 aliphatic heterocycles. The standard InChI is InChI=1S/C19H13ClN2OS2/c20-14-7-5-12(6-8-14)9-15-11-21-19(24-15)22-18(23)17-10-13-3-1-2-4-16(13)25-17/h1-8,10-11H,9H2,(H,21,22,23). The Balaban J connectivity index is 1.46. The Hall–Kier alpha value is -2.21. The molecular weight excluding hydrogens is 372 g/mol. The van der Waals surface area contributed by atoms with Gasteiger partial charge in [-0.15, -0.1) is 22.7 Å². The Morgan fingerprint density at radius 3 is 2.68 bits per heavy atom. The van der Waals surface area contributed by atoms with Crippen LogP contribution in [0.2, 0.25) is 5.02 Å². The Morgan fingerprint density at radius 1 is 1.08 bits per heavy atom. The van der Waals surface area contributed by atoms with Gasteiger partial charge in [-0.2, -0.15) is 0 Å². The van der Waals surface area contributed by atoms with Crippen LogP contribution in [0.4, 0.5) is 5.13 Å². The van der Waals surface area contributed by atoms with Crippen molar-refractivity contribution in [1.29, 1.82) is 0 Å². The maximum Gasteiger partial charge on any atom is 0.267 e. The minimum Gasteiger partial charge on any atom is -0.297 e. The molecule has 4 rings (SSSR count). The van der Waals surface area contributed by atoms with Gasteiger partial charge >= 0.3 is 0 Å². The van der Waals surface area contributed by atoms with Crippen LogP contribution in [-0.2, 0) is 6.42 Å². The van der Waals surface area contributed by atoms with Crippen LogP contribution in [0, 0.1) is 0 Å². The third kappa shape index (κ3) is 3.74. The van der Waals surface area contributed by atoms with E-state index in [2.05, 4.69) is 10.3 Å². The van der Waals surface area contributed by atoms with Gasteiger partial charge < -0.3 is 0 Å². The van der Waals surface area contributed by atoms with Crippen LogP contribution >= 0.6 is 34.3 Å². The Kier molecular flexibility index (Phi) is 4.53. The first kappa shape index (κ1) is 16.3. The highest BCUT2D eigenvalue weighted by molar-refractivity contribution is 7.21. The summed E-state index contributed by atoms with van der Waals surface area (Å²) >= 11 is 8.89. The molecule has 0 bridgehead atoms. The van der Waals surface area contributed by atoms with Crippen molar-refractivity contribution < 1.29 is 4.79 Å². The van der Waals surface area contributed by atoms with Gasteiger partial charge in [-0.25, -0.2) is 4.98 Å². The molecule has 124 valence electrons. The smallest absolute Gasteiger partial charge is 0.267 e. The molecule has 0 aliphatic rings. The number of benzene rings is 2. The van der Waals surface area contributed by atoms with E-state index >= 15 is 0 Å². The molecule has 0 fully saturated rings. The molecule has 0 radical (unpaired) electrons. The average molecular weight is 385 g/mol. The number of halogens is 1. The fraction of sp³-hybridized carbons (Fsp3) is 0.0526. The van der Waals surface area contributed by atoms with Gasteiger partial charge in [-0.1, -0.05) is 41.9 Å². The molecule has 0 spiro atoms. The molecular formula is C19H13ClN2OS2. The van der Waals surface area contributed by atoms with Crippen LogP contribution in [0.3, 0.4) is 0 Å². The summed E-state index contributed by atoms with van der Waals surface area (Å²) in [7, 11) is 0. The number of aromatic nitrogens is 1. The number of thiophene rings is 1. The normalized spacial score (nSPS) is 10.9. The molecule has 0 atom stereocenters. The number of carbonyl (C=O) groups is 1. The SMILES string of the molecule is O=C(Nc1ncc(Cc2ccc(Cl)cc2)s1)c1cc2ccccc2s1. The van der Waals surface area contributed by atoms with Gasteiger partial charge in [0, 0.05) is 27.2 Å². The molecule has 2 aromatic carbocycles. The van der Waals surface area contributed by atoms with Crippen LogP contribution in [0.15, 0.2) is 60.8 Å². The zero-order valence-electron chi connectivity index (χ0n) is 13.0. The fourth-order valence-corrected chi connectivity index (χ4v) is 4.43. The number of amides is 1. The van der Waals surface area contributed by atoms with Crippen LogP contribution in [0.25, 0.3) is 10.1 Å².